The number of benzene rings is 1. The normalized spacial score (nSPS) is 16.4. The first kappa shape index (κ1) is 16.4. The van der Waals surface area contributed by atoms with Gasteiger partial charge in [0.05, 0.1) is 13.2 Å². The molecule has 2 atom stereocenters. The van der Waals surface area contributed by atoms with E-state index >= 15 is 0 Å². The summed E-state index contributed by atoms with van der Waals surface area (Å²) in [7, 11) is 1.86. The molecule has 7 heteroatoms. The van der Waals surface area contributed by atoms with E-state index in [9.17, 15) is 22.4 Å². The van der Waals surface area contributed by atoms with E-state index in [1.165, 1.54) is 24.3 Å². The molecule has 0 heterocycles. The number of alkyl halides is 4. The van der Waals surface area contributed by atoms with Crippen LogP contribution in [0.1, 0.15) is 17.2 Å². The van der Waals surface area contributed by atoms with Crippen molar-refractivity contribution in [2.75, 3.05) is 14.2 Å². The first-order chi connectivity index (χ1) is 9.18. The Morgan fingerprint density at radius 3 is 2.05 bits per heavy atom. The number of carbonyl (C=O) groups excluding carboxylic acids is 1. The number of carbonyl (C=O) groups is 1. The molecule has 0 saturated heterocycles. The lowest BCUT2D eigenvalue weighted by Crippen LogP contribution is -2.56. The van der Waals surface area contributed by atoms with Gasteiger partial charge in [-0.3, -0.25) is 0 Å². The summed E-state index contributed by atoms with van der Waals surface area (Å²) in [5, 5.41) is 2.20. The molecule has 1 N–H and O–H groups in total. The number of ether oxygens (including phenoxy) is 1. The minimum absolute atomic E-state index is 0.00308. The number of rotatable bonds is 4. The van der Waals surface area contributed by atoms with E-state index < -0.39 is 23.9 Å². The number of esters is 1. The minimum Gasteiger partial charge on any atom is -0.466 e. The summed E-state index contributed by atoms with van der Waals surface area (Å²) >= 11 is 0. The topological polar surface area (TPSA) is 38.3 Å². The molecule has 0 aromatic heterocycles. The third-order valence-corrected chi connectivity index (χ3v) is 2.99. The van der Waals surface area contributed by atoms with E-state index in [-0.39, 0.29) is 5.56 Å². The molecule has 112 valence electrons. The van der Waals surface area contributed by atoms with Crippen LogP contribution in [0, 0.1) is 6.92 Å². The lowest BCUT2D eigenvalue weighted by Gasteiger charge is -2.33. The van der Waals surface area contributed by atoms with Crippen molar-refractivity contribution in [1.82, 2.24) is 5.32 Å². The van der Waals surface area contributed by atoms with Crippen LogP contribution >= 0.6 is 0 Å². The van der Waals surface area contributed by atoms with Gasteiger partial charge in [0.25, 0.3) is 0 Å². The summed E-state index contributed by atoms with van der Waals surface area (Å²) in [6.07, 6.45) is -5.40. The zero-order valence-electron chi connectivity index (χ0n) is 11.2. The molecule has 0 aliphatic rings. The van der Waals surface area contributed by atoms with Crippen LogP contribution in [0.5, 0.6) is 0 Å². The van der Waals surface area contributed by atoms with Gasteiger partial charge in [0.1, 0.15) is 0 Å². The average Bonchev–Trinajstić information content (AvgIpc) is 2.39. The van der Waals surface area contributed by atoms with Gasteiger partial charge in [-0.15, -0.1) is 0 Å². The molecule has 0 saturated carbocycles. The molecule has 1 rings (SSSR count). The summed E-state index contributed by atoms with van der Waals surface area (Å²) in [4.78, 5) is 11.4. The SMILES string of the molecule is CNC(c1ccc(C)cc1)C(F)(C(=O)OC)C(F)(F)F. The van der Waals surface area contributed by atoms with Crippen LogP contribution in [0.2, 0.25) is 0 Å². The lowest BCUT2D eigenvalue weighted by atomic mass is 9.89. The molecule has 0 bridgehead atoms. The smallest absolute Gasteiger partial charge is 0.435 e. The van der Waals surface area contributed by atoms with Crippen LogP contribution in [-0.2, 0) is 9.53 Å². The Bertz CT molecular complexity index is 472. The van der Waals surface area contributed by atoms with Crippen molar-refractivity contribution in [2.24, 2.45) is 0 Å². The van der Waals surface area contributed by atoms with Gasteiger partial charge >= 0.3 is 17.8 Å². The van der Waals surface area contributed by atoms with Gasteiger partial charge in [0.2, 0.25) is 0 Å². The van der Waals surface area contributed by atoms with Crippen molar-refractivity contribution in [3.8, 4) is 0 Å². The predicted molar refractivity (Wildman–Crippen MR) is 64.9 cm³/mol. The van der Waals surface area contributed by atoms with Crippen molar-refractivity contribution in [2.45, 2.75) is 24.8 Å². The summed E-state index contributed by atoms with van der Waals surface area (Å²) < 4.78 is 57.6. The molecule has 0 amide bonds. The number of halogens is 4. The summed E-state index contributed by atoms with van der Waals surface area (Å²) in [5.41, 5.74) is -3.35. The maximum absolute atomic E-state index is 14.5. The van der Waals surface area contributed by atoms with Gasteiger partial charge in [-0.05, 0) is 19.5 Å². The number of nitrogens with one attached hydrogen (secondary N) is 1. The van der Waals surface area contributed by atoms with Gasteiger partial charge in [-0.2, -0.15) is 13.2 Å². The molecular weight excluding hydrogens is 278 g/mol. The molecule has 3 nitrogen and oxygen atoms in total. The highest BCUT2D eigenvalue weighted by atomic mass is 19.4. The monoisotopic (exact) mass is 293 g/mol. The quantitative estimate of drug-likeness (QED) is 0.685. The lowest BCUT2D eigenvalue weighted by molar-refractivity contribution is -0.246. The average molecular weight is 293 g/mol. The first-order valence-corrected chi connectivity index (χ1v) is 5.76. The Morgan fingerprint density at radius 2 is 1.70 bits per heavy atom. The Labute approximate surface area is 113 Å². The van der Waals surface area contributed by atoms with Crippen LogP contribution in [0.3, 0.4) is 0 Å². The molecule has 1 aromatic carbocycles. The van der Waals surface area contributed by atoms with Crippen molar-refractivity contribution < 1.29 is 27.1 Å². The number of hydrogen-bond acceptors (Lipinski definition) is 3. The maximum atomic E-state index is 14.5. The number of aryl methyl sites for hydroxylation is 1. The zero-order chi connectivity index (χ0) is 15.6. The van der Waals surface area contributed by atoms with E-state index in [4.69, 9.17) is 0 Å². The van der Waals surface area contributed by atoms with Gasteiger partial charge < -0.3 is 10.1 Å². The Morgan fingerprint density at radius 1 is 1.20 bits per heavy atom. The summed E-state index contributed by atoms with van der Waals surface area (Å²) in [6.45, 7) is 1.74. The van der Waals surface area contributed by atoms with Crippen molar-refractivity contribution >= 4 is 5.97 Å². The fraction of sp³-hybridized carbons (Fsp3) is 0.462. The molecule has 0 fully saturated rings. The molecule has 20 heavy (non-hydrogen) atoms. The summed E-state index contributed by atoms with van der Waals surface area (Å²) in [5.74, 6) is -1.98. The predicted octanol–water partition coefficient (Wildman–Crippen LogP) is 2.70. The number of methoxy groups -OCH3 is 1. The van der Waals surface area contributed by atoms with Gasteiger partial charge in [0.15, 0.2) is 0 Å². The highest BCUT2D eigenvalue weighted by molar-refractivity contribution is 5.82. The van der Waals surface area contributed by atoms with Crippen LogP contribution in [-0.4, -0.2) is 32.0 Å². The van der Waals surface area contributed by atoms with Crippen molar-refractivity contribution in [3.63, 3.8) is 0 Å². The van der Waals surface area contributed by atoms with E-state index in [1.807, 2.05) is 0 Å². The Kier molecular flexibility index (Phi) is 4.75. The Balaban J connectivity index is 3.36. The second-order valence-electron chi connectivity index (χ2n) is 4.33. The van der Waals surface area contributed by atoms with E-state index in [2.05, 4.69) is 10.1 Å². The third-order valence-electron chi connectivity index (χ3n) is 2.99. The largest absolute Gasteiger partial charge is 0.466 e. The zero-order valence-corrected chi connectivity index (χ0v) is 11.2. The molecular formula is C13H15F4NO2. The minimum atomic E-state index is -5.40. The van der Waals surface area contributed by atoms with Crippen molar-refractivity contribution in [3.05, 3.63) is 35.4 Å². The van der Waals surface area contributed by atoms with Gasteiger partial charge in [0, 0.05) is 0 Å². The van der Waals surface area contributed by atoms with E-state index in [0.717, 1.165) is 12.6 Å². The molecule has 2 unspecified atom stereocenters. The molecule has 0 spiro atoms. The summed E-state index contributed by atoms with van der Waals surface area (Å²) in [6, 6.07) is 3.84. The van der Waals surface area contributed by atoms with Gasteiger partial charge in [-0.1, -0.05) is 29.8 Å². The van der Waals surface area contributed by atoms with Crippen LogP contribution in [0.4, 0.5) is 17.6 Å². The highest BCUT2D eigenvalue weighted by Gasteiger charge is 2.67. The molecule has 0 radical (unpaired) electrons. The first-order valence-electron chi connectivity index (χ1n) is 5.76. The van der Waals surface area contributed by atoms with Crippen LogP contribution in [0.25, 0.3) is 0 Å². The van der Waals surface area contributed by atoms with Gasteiger partial charge in [-0.25, -0.2) is 9.18 Å². The number of hydrogen-bond donors (Lipinski definition) is 1. The molecule has 0 aliphatic carbocycles. The maximum Gasteiger partial charge on any atom is 0.435 e. The second kappa shape index (κ2) is 5.78. The third kappa shape index (κ3) is 2.77. The van der Waals surface area contributed by atoms with Crippen LogP contribution in [0.15, 0.2) is 24.3 Å². The van der Waals surface area contributed by atoms with E-state index in [0.29, 0.717) is 7.11 Å². The fourth-order valence-electron chi connectivity index (χ4n) is 1.90. The highest BCUT2D eigenvalue weighted by Crippen LogP contribution is 2.44. The standard InChI is InChI=1S/C13H15F4NO2/c1-8-4-6-9(7-5-8)10(18-2)12(14,11(19)20-3)13(15,16)17/h4-7,10,18H,1-3H3. The Hall–Kier alpha value is -1.63. The molecule has 0 aliphatic heterocycles. The van der Waals surface area contributed by atoms with E-state index in [1.54, 1.807) is 6.92 Å². The van der Waals surface area contributed by atoms with Crippen LogP contribution < -0.4 is 5.32 Å². The second-order valence-corrected chi connectivity index (χ2v) is 4.33. The fourth-order valence-corrected chi connectivity index (χ4v) is 1.90. The van der Waals surface area contributed by atoms with Crippen molar-refractivity contribution in [1.29, 1.82) is 0 Å². The molecule has 1 aromatic rings.